The quantitative estimate of drug-likeness (QED) is 0.756. The Balaban J connectivity index is 1.45. The van der Waals surface area contributed by atoms with Gasteiger partial charge in [-0.05, 0) is 37.5 Å². The number of amides is 1. The van der Waals surface area contributed by atoms with Gasteiger partial charge in [0.15, 0.2) is 5.69 Å². The van der Waals surface area contributed by atoms with Crippen LogP contribution in [0.4, 0.5) is 4.39 Å². The average molecular weight is 341 g/mol. The van der Waals surface area contributed by atoms with Crippen LogP contribution in [0.2, 0.25) is 0 Å². The molecule has 3 heterocycles. The summed E-state index contributed by atoms with van der Waals surface area (Å²) >= 11 is 0. The first-order chi connectivity index (χ1) is 12.0. The maximum absolute atomic E-state index is 14.4. The van der Waals surface area contributed by atoms with Crippen LogP contribution in [0.25, 0.3) is 5.65 Å². The number of aryl methyl sites for hydroxylation is 1. The molecule has 0 spiro atoms. The van der Waals surface area contributed by atoms with E-state index in [-0.39, 0.29) is 23.2 Å². The van der Waals surface area contributed by atoms with Gasteiger partial charge in [0.25, 0.3) is 11.5 Å². The number of carbonyl (C=O) groups is 1. The van der Waals surface area contributed by atoms with E-state index in [2.05, 4.69) is 20.3 Å². The van der Waals surface area contributed by atoms with Crippen LogP contribution < -0.4 is 10.9 Å². The van der Waals surface area contributed by atoms with Crippen LogP contribution in [0.5, 0.6) is 0 Å². The summed E-state index contributed by atoms with van der Waals surface area (Å²) in [6, 6.07) is 4.86. The van der Waals surface area contributed by atoms with Gasteiger partial charge in [0.05, 0.1) is 12.0 Å². The molecule has 1 fully saturated rings. The summed E-state index contributed by atoms with van der Waals surface area (Å²) in [4.78, 5) is 34.3. The normalized spacial score (nSPS) is 19.6. The van der Waals surface area contributed by atoms with E-state index in [9.17, 15) is 14.0 Å². The maximum atomic E-state index is 14.4. The fourth-order valence-corrected chi connectivity index (χ4v) is 3.10. The van der Waals surface area contributed by atoms with Crippen molar-refractivity contribution in [2.75, 3.05) is 0 Å². The lowest BCUT2D eigenvalue weighted by Crippen LogP contribution is -2.44. The number of hydrogen-bond acceptors (Lipinski definition) is 4. The highest BCUT2D eigenvalue weighted by molar-refractivity contribution is 5.93. The van der Waals surface area contributed by atoms with Gasteiger partial charge in [-0.15, -0.1) is 0 Å². The lowest BCUT2D eigenvalue weighted by atomic mass is 9.78. The monoisotopic (exact) mass is 341 g/mol. The number of aromatic nitrogens is 4. The van der Waals surface area contributed by atoms with Crippen molar-refractivity contribution in [1.29, 1.82) is 0 Å². The molecule has 25 heavy (non-hydrogen) atoms. The van der Waals surface area contributed by atoms with Gasteiger partial charge in [-0.1, -0.05) is 0 Å². The lowest BCUT2D eigenvalue weighted by Gasteiger charge is -2.35. The Hall–Kier alpha value is -3.03. The topological polar surface area (TPSA) is 92.2 Å². The summed E-state index contributed by atoms with van der Waals surface area (Å²) in [5.74, 6) is -1.07. The van der Waals surface area contributed by atoms with Crippen LogP contribution in [0.1, 0.15) is 40.5 Å². The van der Waals surface area contributed by atoms with Crippen molar-refractivity contribution >= 4 is 11.6 Å². The molecule has 0 bridgehead atoms. The molecular formula is C17H16FN5O2. The van der Waals surface area contributed by atoms with Crippen molar-refractivity contribution in [3.8, 4) is 0 Å². The number of fused-ring (bicyclic) bond motifs is 1. The number of pyridine rings is 1. The fourth-order valence-electron chi connectivity index (χ4n) is 3.10. The molecule has 0 saturated heterocycles. The Bertz CT molecular complexity index is 1020. The number of rotatable bonds is 3. The largest absolute Gasteiger partial charge is 0.348 e. The minimum Gasteiger partial charge on any atom is -0.348 e. The molecule has 7 nitrogen and oxygen atoms in total. The summed E-state index contributed by atoms with van der Waals surface area (Å²) < 4.78 is 15.6. The van der Waals surface area contributed by atoms with Gasteiger partial charge in [0.2, 0.25) is 5.95 Å². The molecule has 0 radical (unpaired) electrons. The van der Waals surface area contributed by atoms with Crippen LogP contribution in [0, 0.1) is 12.9 Å². The van der Waals surface area contributed by atoms with Gasteiger partial charge in [-0.25, -0.2) is 9.97 Å². The van der Waals surface area contributed by atoms with E-state index in [0.717, 1.165) is 5.56 Å². The minimum atomic E-state index is -0.667. The van der Waals surface area contributed by atoms with Gasteiger partial charge in [0, 0.05) is 24.2 Å². The number of nitrogens with zero attached hydrogens (tertiary/aromatic N) is 3. The predicted octanol–water partition coefficient (Wildman–Crippen LogP) is 1.54. The highest BCUT2D eigenvalue weighted by Crippen LogP contribution is 2.35. The summed E-state index contributed by atoms with van der Waals surface area (Å²) in [5, 5.41) is 2.79. The Morgan fingerprint density at radius 1 is 1.40 bits per heavy atom. The van der Waals surface area contributed by atoms with Crippen molar-refractivity contribution < 1.29 is 9.18 Å². The zero-order chi connectivity index (χ0) is 17.6. The molecule has 0 unspecified atom stereocenters. The number of imidazole rings is 1. The first-order valence-electron chi connectivity index (χ1n) is 8.01. The maximum Gasteiger partial charge on any atom is 0.274 e. The molecule has 2 N–H and O–H groups in total. The van der Waals surface area contributed by atoms with Gasteiger partial charge < -0.3 is 10.3 Å². The Kier molecular flexibility index (Phi) is 3.60. The van der Waals surface area contributed by atoms with E-state index in [1.165, 1.54) is 16.8 Å². The van der Waals surface area contributed by atoms with E-state index in [4.69, 9.17) is 0 Å². The Morgan fingerprint density at radius 3 is 2.96 bits per heavy atom. The Morgan fingerprint density at radius 2 is 2.20 bits per heavy atom. The SMILES string of the molecule is Cc1ccn2c(F)c(C(=O)NC3CC(c4cc(=O)[nH]cn4)C3)nc2c1. The van der Waals surface area contributed by atoms with E-state index < -0.39 is 11.9 Å². The third-order valence-corrected chi connectivity index (χ3v) is 4.53. The smallest absolute Gasteiger partial charge is 0.274 e. The number of carbonyl (C=O) groups excluding carboxylic acids is 1. The van der Waals surface area contributed by atoms with E-state index in [1.54, 1.807) is 18.3 Å². The molecule has 3 aromatic heterocycles. The highest BCUT2D eigenvalue weighted by atomic mass is 19.1. The first-order valence-corrected chi connectivity index (χ1v) is 8.01. The Labute approximate surface area is 141 Å². The van der Waals surface area contributed by atoms with Gasteiger partial charge in [0.1, 0.15) is 5.65 Å². The molecule has 8 heteroatoms. The third-order valence-electron chi connectivity index (χ3n) is 4.53. The summed E-state index contributed by atoms with van der Waals surface area (Å²) in [6.07, 6.45) is 4.26. The predicted molar refractivity (Wildman–Crippen MR) is 88.0 cm³/mol. The second-order valence-electron chi connectivity index (χ2n) is 6.36. The highest BCUT2D eigenvalue weighted by Gasteiger charge is 2.33. The molecular weight excluding hydrogens is 325 g/mol. The zero-order valence-electron chi connectivity index (χ0n) is 13.5. The number of nitrogens with one attached hydrogen (secondary N) is 2. The number of H-pyrrole nitrogens is 1. The summed E-state index contributed by atoms with van der Waals surface area (Å²) in [6.45, 7) is 1.88. The minimum absolute atomic E-state index is 0.0791. The lowest BCUT2D eigenvalue weighted by molar-refractivity contribution is 0.0899. The van der Waals surface area contributed by atoms with Crippen LogP contribution >= 0.6 is 0 Å². The fraction of sp³-hybridized carbons (Fsp3) is 0.294. The molecule has 1 saturated carbocycles. The van der Waals surface area contributed by atoms with E-state index in [0.29, 0.717) is 24.2 Å². The molecule has 128 valence electrons. The van der Waals surface area contributed by atoms with E-state index >= 15 is 0 Å². The van der Waals surface area contributed by atoms with Crippen molar-refractivity contribution in [3.05, 3.63) is 64.0 Å². The molecule has 1 amide bonds. The van der Waals surface area contributed by atoms with Crippen molar-refractivity contribution in [3.63, 3.8) is 0 Å². The van der Waals surface area contributed by atoms with Crippen LogP contribution in [-0.4, -0.2) is 31.3 Å². The van der Waals surface area contributed by atoms with Crippen molar-refractivity contribution in [1.82, 2.24) is 24.7 Å². The van der Waals surface area contributed by atoms with Crippen LogP contribution in [0.3, 0.4) is 0 Å². The molecule has 4 rings (SSSR count). The molecule has 0 atom stereocenters. The zero-order valence-corrected chi connectivity index (χ0v) is 13.5. The average Bonchev–Trinajstić information content (AvgIpc) is 2.86. The molecule has 1 aliphatic carbocycles. The number of aromatic amines is 1. The van der Waals surface area contributed by atoms with Gasteiger partial charge >= 0.3 is 0 Å². The van der Waals surface area contributed by atoms with E-state index in [1.807, 2.05) is 6.92 Å². The molecule has 0 aliphatic heterocycles. The van der Waals surface area contributed by atoms with Gasteiger partial charge in [-0.2, -0.15) is 4.39 Å². The standard InChI is InChI=1S/C17H16FN5O2/c1-9-2-3-23-13(4-9)22-15(16(23)18)17(25)21-11-5-10(6-11)12-7-14(24)20-8-19-12/h2-4,7-8,10-11H,5-6H2,1H3,(H,21,25)(H,19,20,24). The van der Waals surface area contributed by atoms with Crippen molar-refractivity contribution in [2.24, 2.45) is 0 Å². The molecule has 1 aliphatic rings. The van der Waals surface area contributed by atoms with Crippen LogP contribution in [-0.2, 0) is 0 Å². The first kappa shape index (κ1) is 15.5. The summed E-state index contributed by atoms with van der Waals surface area (Å²) in [5.41, 5.74) is 1.66. The third kappa shape index (κ3) is 2.79. The van der Waals surface area contributed by atoms with Gasteiger partial charge in [-0.3, -0.25) is 14.0 Å². The number of hydrogen-bond donors (Lipinski definition) is 2. The summed E-state index contributed by atoms with van der Waals surface area (Å²) in [7, 11) is 0. The second-order valence-corrected chi connectivity index (χ2v) is 6.36. The van der Waals surface area contributed by atoms with Crippen LogP contribution in [0.15, 0.2) is 35.5 Å². The number of halogens is 1. The molecule has 0 aromatic carbocycles. The van der Waals surface area contributed by atoms with Crippen molar-refractivity contribution in [2.45, 2.75) is 31.7 Å². The second kappa shape index (κ2) is 5.80. The molecule has 3 aromatic rings.